The Morgan fingerprint density at radius 2 is 1.90 bits per heavy atom. The molecular weight excluding hydrogens is 524 g/mol. The number of hydrogen-bond donors (Lipinski definition) is 1. The number of pyridine rings is 2. The number of anilines is 2. The summed E-state index contributed by atoms with van der Waals surface area (Å²) in [5.74, 6) is 0.579. The largest absolute Gasteiger partial charge is 0.481 e. The van der Waals surface area contributed by atoms with E-state index >= 15 is 0 Å². The molecule has 2 fully saturated rings. The van der Waals surface area contributed by atoms with Crippen LogP contribution in [-0.4, -0.2) is 86.4 Å². The Balaban J connectivity index is 1.37. The first-order valence-electron chi connectivity index (χ1n) is 13.5. The fraction of sp³-hybridized carbons (Fsp3) is 0.607. The van der Waals surface area contributed by atoms with E-state index in [0.29, 0.717) is 36.5 Å². The Kier molecular flexibility index (Phi) is 10.1. The highest BCUT2D eigenvalue weighted by Crippen LogP contribution is 2.35. The summed E-state index contributed by atoms with van der Waals surface area (Å²) >= 11 is 6.41. The van der Waals surface area contributed by atoms with Crippen LogP contribution in [-0.2, 0) is 14.3 Å². The quantitative estimate of drug-likeness (QED) is 0.379. The van der Waals surface area contributed by atoms with Crippen molar-refractivity contribution in [1.29, 1.82) is 0 Å². The number of aliphatic carboxylic acids is 1. The molecular formula is C28H39ClN4O6. The van der Waals surface area contributed by atoms with Gasteiger partial charge in [-0.1, -0.05) is 25.4 Å². The summed E-state index contributed by atoms with van der Waals surface area (Å²) in [6.45, 7) is 7.62. The number of halogens is 1. The highest BCUT2D eigenvalue weighted by Gasteiger charge is 2.41. The number of carboxylic acid groups (broad SMARTS) is 1. The smallest absolute Gasteiger partial charge is 0.305 e. The lowest BCUT2D eigenvalue weighted by Crippen LogP contribution is -2.44. The van der Waals surface area contributed by atoms with Crippen LogP contribution < -0.4 is 19.3 Å². The summed E-state index contributed by atoms with van der Waals surface area (Å²) in [7, 11) is 3.26. The Labute approximate surface area is 235 Å². The molecule has 0 bridgehead atoms. The van der Waals surface area contributed by atoms with E-state index in [1.165, 1.54) is 0 Å². The summed E-state index contributed by atoms with van der Waals surface area (Å²) in [5.41, 5.74) is 1.78. The molecule has 4 heterocycles. The fourth-order valence-corrected chi connectivity index (χ4v) is 5.71. The monoisotopic (exact) mass is 562 g/mol. The van der Waals surface area contributed by atoms with Crippen molar-refractivity contribution < 1.29 is 28.8 Å². The lowest BCUT2D eigenvalue weighted by Gasteiger charge is -2.38. The molecule has 2 aromatic heterocycles. The first-order valence-corrected chi connectivity index (χ1v) is 13.8. The third-order valence-corrected chi connectivity index (χ3v) is 7.98. The molecule has 11 heteroatoms. The molecule has 4 rings (SSSR count). The van der Waals surface area contributed by atoms with Gasteiger partial charge in [-0.05, 0) is 12.5 Å². The van der Waals surface area contributed by atoms with Gasteiger partial charge in [0.25, 0.3) is 0 Å². The number of methoxy groups -OCH3 is 2. The molecule has 0 spiro atoms. The van der Waals surface area contributed by atoms with Gasteiger partial charge in [-0.2, -0.15) is 0 Å². The minimum atomic E-state index is -0.823. The van der Waals surface area contributed by atoms with Gasteiger partial charge in [-0.3, -0.25) is 4.79 Å². The zero-order valence-electron chi connectivity index (χ0n) is 23.1. The molecule has 1 N–H and O–H groups in total. The highest BCUT2D eigenvalue weighted by atomic mass is 35.5. The van der Waals surface area contributed by atoms with Crippen molar-refractivity contribution in [3.8, 4) is 11.8 Å². The van der Waals surface area contributed by atoms with Gasteiger partial charge >= 0.3 is 5.97 Å². The molecule has 0 aromatic carbocycles. The molecule has 39 heavy (non-hydrogen) atoms. The second kappa shape index (κ2) is 13.5. The Morgan fingerprint density at radius 1 is 1.10 bits per heavy atom. The topological polar surface area (TPSA) is 106 Å². The van der Waals surface area contributed by atoms with Crippen molar-refractivity contribution in [3.63, 3.8) is 0 Å². The average molecular weight is 563 g/mol. The van der Waals surface area contributed by atoms with Gasteiger partial charge in [0.15, 0.2) is 0 Å². The van der Waals surface area contributed by atoms with Crippen molar-refractivity contribution in [1.82, 2.24) is 9.97 Å². The molecule has 5 atom stereocenters. The first kappa shape index (κ1) is 29.2. The van der Waals surface area contributed by atoms with Crippen LogP contribution in [0.2, 0.25) is 5.02 Å². The molecule has 2 saturated heterocycles. The maximum absolute atomic E-state index is 11.6. The van der Waals surface area contributed by atoms with Crippen LogP contribution >= 0.6 is 11.6 Å². The zero-order valence-corrected chi connectivity index (χ0v) is 23.8. The number of piperidine rings is 1. The maximum Gasteiger partial charge on any atom is 0.305 e. The van der Waals surface area contributed by atoms with Crippen molar-refractivity contribution in [2.75, 3.05) is 56.9 Å². The number of nitrogens with zero attached hydrogens (tertiary/aromatic N) is 4. The lowest BCUT2D eigenvalue weighted by atomic mass is 9.96. The van der Waals surface area contributed by atoms with Crippen LogP contribution in [0.15, 0.2) is 30.6 Å². The maximum atomic E-state index is 11.6. The van der Waals surface area contributed by atoms with Crippen LogP contribution in [0, 0.1) is 11.8 Å². The van der Waals surface area contributed by atoms with Crippen LogP contribution in [0.25, 0.3) is 0 Å². The van der Waals surface area contributed by atoms with E-state index in [9.17, 15) is 9.90 Å². The molecule has 0 saturated carbocycles. The zero-order chi connectivity index (χ0) is 27.9. The van der Waals surface area contributed by atoms with Gasteiger partial charge in [0.05, 0.1) is 48.4 Å². The predicted molar refractivity (Wildman–Crippen MR) is 149 cm³/mol. The molecule has 2 aliphatic heterocycles. The van der Waals surface area contributed by atoms with E-state index in [1.54, 1.807) is 26.6 Å². The van der Waals surface area contributed by atoms with Crippen molar-refractivity contribution >= 4 is 28.9 Å². The standard InChI is InChI=1S/C28H39ClN4O6/c1-18-16-32(23-12-27(37-4)31-15-21(23)29)9-8-24(18)39-26-7-6-20(14-30-26)33-17-25(38-11-5-10-36-3)19(2)22(33)13-28(34)35/h6-7,12,14-15,18-19,22,24-25H,5,8-11,13,16-17H2,1-4H3,(H,34,35). The molecule has 0 radical (unpaired) electrons. The summed E-state index contributed by atoms with van der Waals surface area (Å²) < 4.78 is 22.8. The van der Waals surface area contributed by atoms with Gasteiger partial charge in [0.2, 0.25) is 11.8 Å². The minimum absolute atomic E-state index is 0.0126. The van der Waals surface area contributed by atoms with Gasteiger partial charge in [0, 0.05) is 76.4 Å². The Hall–Kier alpha value is -2.82. The van der Waals surface area contributed by atoms with Crippen molar-refractivity contribution in [2.24, 2.45) is 11.8 Å². The lowest BCUT2D eigenvalue weighted by molar-refractivity contribution is -0.137. The number of hydrogen-bond acceptors (Lipinski definition) is 9. The van der Waals surface area contributed by atoms with E-state index in [0.717, 1.165) is 37.3 Å². The van der Waals surface area contributed by atoms with Crippen LogP contribution in [0.3, 0.4) is 0 Å². The molecule has 0 amide bonds. The van der Waals surface area contributed by atoms with Gasteiger partial charge in [-0.25, -0.2) is 9.97 Å². The Morgan fingerprint density at radius 3 is 2.56 bits per heavy atom. The molecule has 214 valence electrons. The number of rotatable bonds is 12. The van der Waals surface area contributed by atoms with E-state index in [2.05, 4.69) is 33.6 Å². The molecule has 5 unspecified atom stereocenters. The minimum Gasteiger partial charge on any atom is -0.481 e. The van der Waals surface area contributed by atoms with Crippen molar-refractivity contribution in [3.05, 3.63) is 35.6 Å². The third kappa shape index (κ3) is 7.23. The molecule has 2 aliphatic rings. The van der Waals surface area contributed by atoms with Gasteiger partial charge in [-0.15, -0.1) is 0 Å². The van der Waals surface area contributed by atoms with E-state index in [4.69, 9.17) is 30.5 Å². The summed E-state index contributed by atoms with van der Waals surface area (Å²) in [4.78, 5) is 24.7. The third-order valence-electron chi connectivity index (χ3n) is 7.69. The van der Waals surface area contributed by atoms with Crippen molar-refractivity contribution in [2.45, 2.75) is 51.4 Å². The number of aromatic nitrogens is 2. The molecule has 10 nitrogen and oxygen atoms in total. The second-order valence-corrected chi connectivity index (χ2v) is 10.7. The number of carbonyl (C=O) groups is 1. The van der Waals surface area contributed by atoms with Crippen LogP contribution in [0.4, 0.5) is 11.4 Å². The SMILES string of the molecule is COCCCOC1CN(c2ccc(OC3CCN(c4cc(OC)ncc4Cl)CC3C)nc2)C(CC(=O)O)C1C. The normalized spacial score (nSPS) is 25.1. The summed E-state index contributed by atoms with van der Waals surface area (Å²) in [6, 6.07) is 5.52. The van der Waals surface area contributed by atoms with E-state index < -0.39 is 5.97 Å². The van der Waals surface area contributed by atoms with Crippen LogP contribution in [0.5, 0.6) is 11.8 Å². The first-order chi connectivity index (χ1) is 18.8. The van der Waals surface area contributed by atoms with Crippen LogP contribution in [0.1, 0.15) is 33.1 Å². The summed E-state index contributed by atoms with van der Waals surface area (Å²) in [6.07, 6.45) is 5.01. The van der Waals surface area contributed by atoms with E-state index in [-0.39, 0.29) is 36.5 Å². The van der Waals surface area contributed by atoms with E-state index in [1.807, 2.05) is 18.2 Å². The average Bonchev–Trinajstić information content (AvgIpc) is 3.22. The molecule has 2 aromatic rings. The predicted octanol–water partition coefficient (Wildman–Crippen LogP) is 4.15. The number of carboxylic acids is 1. The number of ether oxygens (including phenoxy) is 4. The Bertz CT molecular complexity index is 1090. The van der Waals surface area contributed by atoms with Gasteiger partial charge < -0.3 is 33.9 Å². The van der Waals surface area contributed by atoms with Gasteiger partial charge in [0.1, 0.15) is 6.10 Å². The fourth-order valence-electron chi connectivity index (χ4n) is 5.49. The highest BCUT2D eigenvalue weighted by molar-refractivity contribution is 6.33. The summed E-state index contributed by atoms with van der Waals surface area (Å²) in [5, 5.41) is 10.1. The second-order valence-electron chi connectivity index (χ2n) is 10.3. The molecule has 0 aliphatic carbocycles.